The van der Waals surface area contributed by atoms with Crippen molar-refractivity contribution in [2.24, 2.45) is 0 Å². The minimum Gasteiger partial charge on any atom is -0.352 e. The molecule has 0 aliphatic heterocycles. The Hall–Kier alpha value is -4.43. The first-order chi connectivity index (χ1) is 22.2. The van der Waals surface area contributed by atoms with E-state index in [4.69, 9.17) is 0 Å². The van der Waals surface area contributed by atoms with Gasteiger partial charge in [0.15, 0.2) is 0 Å². The van der Waals surface area contributed by atoms with E-state index in [1.807, 2.05) is 80.6 Å². The van der Waals surface area contributed by atoms with Crippen molar-refractivity contribution < 1.29 is 18.0 Å². The van der Waals surface area contributed by atoms with Crippen molar-refractivity contribution in [1.82, 2.24) is 10.2 Å². The van der Waals surface area contributed by atoms with Gasteiger partial charge in [-0.05, 0) is 73.2 Å². The largest absolute Gasteiger partial charge is 0.352 e. The average molecular weight is 638 g/mol. The maximum absolute atomic E-state index is 14.6. The molecule has 1 atom stereocenters. The number of hydrogen-bond donors (Lipinski definition) is 1. The second kappa shape index (κ2) is 15.2. The molecule has 1 N–H and O–H groups in total. The van der Waals surface area contributed by atoms with Crippen molar-refractivity contribution in [2.75, 3.05) is 10.8 Å². The molecule has 240 valence electrons. The fraction of sp³-hybridized carbons (Fsp3) is 0.316. The van der Waals surface area contributed by atoms with Gasteiger partial charge in [0, 0.05) is 19.0 Å². The van der Waals surface area contributed by atoms with Crippen LogP contribution < -0.4 is 9.62 Å². The molecule has 0 saturated heterocycles. The molecular formula is C38H43N3O4S. The molecule has 8 heteroatoms. The monoisotopic (exact) mass is 637 g/mol. The normalized spacial score (nSPS) is 14.3. The van der Waals surface area contributed by atoms with Crippen molar-refractivity contribution in [3.05, 3.63) is 131 Å². The van der Waals surface area contributed by atoms with Gasteiger partial charge in [-0.1, -0.05) is 104 Å². The Kier molecular flexibility index (Phi) is 10.9. The molecule has 2 amide bonds. The third kappa shape index (κ3) is 8.43. The summed E-state index contributed by atoms with van der Waals surface area (Å²) in [6.07, 6.45) is 5.39. The average Bonchev–Trinajstić information content (AvgIpc) is 3.06. The number of hydrogen-bond acceptors (Lipinski definition) is 4. The number of amides is 2. The van der Waals surface area contributed by atoms with Gasteiger partial charge < -0.3 is 10.2 Å². The van der Waals surface area contributed by atoms with E-state index in [0.717, 1.165) is 54.4 Å². The highest BCUT2D eigenvalue weighted by Crippen LogP contribution is 2.27. The summed E-state index contributed by atoms with van der Waals surface area (Å²) in [5, 5.41) is 3.25. The zero-order chi connectivity index (χ0) is 32.5. The lowest BCUT2D eigenvalue weighted by atomic mass is 9.94. The number of anilines is 1. The smallest absolute Gasteiger partial charge is 0.264 e. The molecule has 1 unspecified atom stereocenters. The van der Waals surface area contributed by atoms with Crippen LogP contribution in [0.25, 0.3) is 0 Å². The van der Waals surface area contributed by atoms with Gasteiger partial charge in [0.2, 0.25) is 11.8 Å². The highest BCUT2D eigenvalue weighted by Gasteiger charge is 2.35. The van der Waals surface area contributed by atoms with E-state index >= 15 is 0 Å². The lowest BCUT2D eigenvalue weighted by Gasteiger charge is -2.35. The van der Waals surface area contributed by atoms with E-state index in [2.05, 4.69) is 5.32 Å². The second-order valence-corrected chi connectivity index (χ2v) is 14.1. The Balaban J connectivity index is 1.56. The standard InChI is InChI=1S/C38H43N3O4S/c1-29-23-30(2)25-34(24-29)41(46(44,45)35-21-13-6-14-22-35)28-37(42)40(27-32-17-9-4-10-18-32)36(26-31-15-7-3-8-16-31)38(43)39-33-19-11-5-12-20-33/h3-4,6-10,13-18,21-25,33,36H,5,11-12,19-20,26-28H2,1-2H3,(H,39,43). The van der Waals surface area contributed by atoms with E-state index in [9.17, 15) is 18.0 Å². The van der Waals surface area contributed by atoms with Gasteiger partial charge in [-0.25, -0.2) is 8.42 Å². The Bertz CT molecular complexity index is 1690. The first-order valence-electron chi connectivity index (χ1n) is 16.0. The molecule has 7 nitrogen and oxygen atoms in total. The Morgan fingerprint density at radius 2 is 1.30 bits per heavy atom. The summed E-state index contributed by atoms with van der Waals surface area (Å²) in [5.74, 6) is -0.675. The minimum absolute atomic E-state index is 0.0541. The molecule has 0 spiro atoms. The number of nitrogens with one attached hydrogen (secondary N) is 1. The lowest BCUT2D eigenvalue weighted by Crippen LogP contribution is -2.55. The summed E-state index contributed by atoms with van der Waals surface area (Å²) in [4.78, 5) is 30.5. The number of carbonyl (C=O) groups is 2. The molecular weight excluding hydrogens is 595 g/mol. The Labute approximate surface area is 273 Å². The first-order valence-corrected chi connectivity index (χ1v) is 17.5. The summed E-state index contributed by atoms with van der Waals surface area (Å²) in [5.41, 5.74) is 3.93. The number of carbonyl (C=O) groups excluding carboxylic acids is 2. The van der Waals surface area contributed by atoms with Crippen LogP contribution in [0.1, 0.15) is 54.4 Å². The van der Waals surface area contributed by atoms with Gasteiger partial charge in [0.05, 0.1) is 10.6 Å². The molecule has 0 bridgehead atoms. The molecule has 46 heavy (non-hydrogen) atoms. The van der Waals surface area contributed by atoms with Crippen LogP contribution in [-0.2, 0) is 32.6 Å². The summed E-state index contributed by atoms with van der Waals surface area (Å²) < 4.78 is 29.6. The molecule has 0 aromatic heterocycles. The van der Waals surface area contributed by atoms with Crippen LogP contribution in [0, 0.1) is 13.8 Å². The van der Waals surface area contributed by atoms with Gasteiger partial charge >= 0.3 is 0 Å². The van der Waals surface area contributed by atoms with E-state index in [1.165, 1.54) is 16.4 Å². The first kappa shape index (κ1) is 32.9. The van der Waals surface area contributed by atoms with Crippen molar-refractivity contribution in [3.8, 4) is 0 Å². The molecule has 4 aromatic carbocycles. The summed E-state index contributed by atoms with van der Waals surface area (Å²) >= 11 is 0. The van der Waals surface area contributed by atoms with E-state index in [1.54, 1.807) is 35.2 Å². The molecule has 1 aliphatic rings. The highest BCUT2D eigenvalue weighted by molar-refractivity contribution is 7.92. The van der Waals surface area contributed by atoms with Gasteiger partial charge in [0.25, 0.3) is 10.0 Å². The third-order valence-electron chi connectivity index (χ3n) is 8.52. The quantitative estimate of drug-likeness (QED) is 0.190. The van der Waals surface area contributed by atoms with Gasteiger partial charge in [-0.2, -0.15) is 0 Å². The number of benzene rings is 4. The summed E-state index contributed by atoms with van der Waals surface area (Å²) in [6.45, 7) is 3.49. The molecule has 1 aliphatic carbocycles. The molecule has 1 saturated carbocycles. The Morgan fingerprint density at radius 1 is 0.761 bits per heavy atom. The molecule has 5 rings (SSSR count). The van der Waals surface area contributed by atoms with Crippen molar-refractivity contribution >= 4 is 27.5 Å². The van der Waals surface area contributed by atoms with Crippen LogP contribution in [0.15, 0.2) is 114 Å². The highest BCUT2D eigenvalue weighted by atomic mass is 32.2. The van der Waals surface area contributed by atoms with E-state index in [0.29, 0.717) is 12.1 Å². The topological polar surface area (TPSA) is 86.8 Å². The lowest BCUT2D eigenvalue weighted by molar-refractivity contribution is -0.140. The number of aryl methyl sites for hydroxylation is 2. The third-order valence-corrected chi connectivity index (χ3v) is 10.3. The number of sulfonamides is 1. The van der Waals surface area contributed by atoms with Crippen LogP contribution in [0.3, 0.4) is 0 Å². The van der Waals surface area contributed by atoms with Gasteiger partial charge in [0.1, 0.15) is 12.6 Å². The predicted molar refractivity (Wildman–Crippen MR) is 183 cm³/mol. The summed E-state index contributed by atoms with van der Waals surface area (Å²) in [7, 11) is -4.13. The number of rotatable bonds is 12. The molecule has 1 fully saturated rings. The van der Waals surface area contributed by atoms with Crippen LogP contribution in [0.5, 0.6) is 0 Å². The van der Waals surface area contributed by atoms with E-state index < -0.39 is 28.5 Å². The predicted octanol–water partition coefficient (Wildman–Crippen LogP) is 6.59. The molecule has 4 aromatic rings. The van der Waals surface area contributed by atoms with Gasteiger partial charge in [-0.3, -0.25) is 13.9 Å². The van der Waals surface area contributed by atoms with Crippen molar-refractivity contribution in [1.29, 1.82) is 0 Å². The SMILES string of the molecule is Cc1cc(C)cc(N(CC(=O)N(Cc2ccccc2)C(Cc2ccccc2)C(=O)NC2CCCCC2)S(=O)(=O)c2ccccc2)c1. The van der Waals surface area contributed by atoms with Crippen LogP contribution in [0.2, 0.25) is 0 Å². The molecule has 0 radical (unpaired) electrons. The molecule has 0 heterocycles. The van der Waals surface area contributed by atoms with Crippen LogP contribution >= 0.6 is 0 Å². The zero-order valence-electron chi connectivity index (χ0n) is 26.6. The van der Waals surface area contributed by atoms with Crippen LogP contribution in [0.4, 0.5) is 5.69 Å². The maximum Gasteiger partial charge on any atom is 0.264 e. The van der Waals surface area contributed by atoms with Crippen LogP contribution in [-0.4, -0.2) is 43.8 Å². The van der Waals surface area contributed by atoms with Crippen molar-refractivity contribution in [2.45, 2.75) is 75.9 Å². The Morgan fingerprint density at radius 3 is 1.89 bits per heavy atom. The van der Waals surface area contributed by atoms with E-state index in [-0.39, 0.29) is 23.4 Å². The van der Waals surface area contributed by atoms with Gasteiger partial charge in [-0.15, -0.1) is 0 Å². The zero-order valence-corrected chi connectivity index (χ0v) is 27.5. The fourth-order valence-corrected chi connectivity index (χ4v) is 7.64. The fourth-order valence-electron chi connectivity index (χ4n) is 6.22. The maximum atomic E-state index is 14.6. The van der Waals surface area contributed by atoms with Crippen molar-refractivity contribution in [3.63, 3.8) is 0 Å². The summed E-state index contributed by atoms with van der Waals surface area (Å²) in [6, 6.07) is 32.1. The minimum atomic E-state index is -4.13. The number of nitrogens with zero attached hydrogens (tertiary/aromatic N) is 2. The second-order valence-electron chi connectivity index (χ2n) is 12.2.